The predicted molar refractivity (Wildman–Crippen MR) is 69.6 cm³/mol. The molecule has 1 aromatic heterocycles. The summed E-state index contributed by atoms with van der Waals surface area (Å²) in [6, 6.07) is 2.05. The fourth-order valence-electron chi connectivity index (χ4n) is 2.14. The van der Waals surface area contributed by atoms with E-state index in [-0.39, 0.29) is 12.5 Å². The molecule has 0 saturated carbocycles. The molecule has 1 aliphatic rings. The topological polar surface area (TPSA) is 49.3 Å². The number of amides is 1. The van der Waals surface area contributed by atoms with Crippen molar-refractivity contribution in [3.8, 4) is 0 Å². The SMILES string of the molecule is O=C(NCCCCCO)c1cc2c(s1)CCC2. The number of aliphatic hydroxyl groups is 1. The van der Waals surface area contributed by atoms with Crippen LogP contribution in [0, 0.1) is 0 Å². The van der Waals surface area contributed by atoms with E-state index in [2.05, 4.69) is 11.4 Å². The first-order valence-electron chi connectivity index (χ1n) is 6.32. The molecule has 1 amide bonds. The van der Waals surface area contributed by atoms with Gasteiger partial charge in [-0.15, -0.1) is 11.3 Å². The maximum Gasteiger partial charge on any atom is 0.261 e. The molecule has 3 nitrogen and oxygen atoms in total. The molecule has 1 aliphatic carbocycles. The molecule has 2 rings (SSSR count). The number of aryl methyl sites for hydroxylation is 2. The van der Waals surface area contributed by atoms with E-state index in [1.54, 1.807) is 11.3 Å². The molecule has 0 unspecified atom stereocenters. The van der Waals surface area contributed by atoms with Gasteiger partial charge in [0.2, 0.25) is 0 Å². The lowest BCUT2D eigenvalue weighted by Crippen LogP contribution is -2.23. The Balaban J connectivity index is 1.75. The molecule has 0 aliphatic heterocycles. The van der Waals surface area contributed by atoms with Crippen molar-refractivity contribution in [2.24, 2.45) is 0 Å². The Bertz CT molecular complexity index is 365. The number of nitrogens with one attached hydrogen (secondary N) is 1. The second-order valence-corrected chi connectivity index (χ2v) is 5.59. The van der Waals surface area contributed by atoms with Crippen LogP contribution in [0.15, 0.2) is 6.07 Å². The van der Waals surface area contributed by atoms with Crippen LogP contribution in [-0.4, -0.2) is 24.2 Å². The average Bonchev–Trinajstić information content (AvgIpc) is 2.88. The van der Waals surface area contributed by atoms with E-state index in [0.29, 0.717) is 6.54 Å². The molecule has 0 aromatic carbocycles. The van der Waals surface area contributed by atoms with Crippen LogP contribution in [0.3, 0.4) is 0 Å². The van der Waals surface area contributed by atoms with E-state index in [1.807, 2.05) is 0 Å². The fourth-order valence-corrected chi connectivity index (χ4v) is 3.31. The minimum atomic E-state index is 0.0633. The number of carbonyl (C=O) groups is 1. The largest absolute Gasteiger partial charge is 0.396 e. The molecule has 1 heterocycles. The highest BCUT2D eigenvalue weighted by Gasteiger charge is 2.17. The molecule has 0 spiro atoms. The van der Waals surface area contributed by atoms with Gasteiger partial charge in [-0.2, -0.15) is 0 Å². The minimum absolute atomic E-state index is 0.0633. The Hall–Kier alpha value is -0.870. The first kappa shape index (κ1) is 12.6. The minimum Gasteiger partial charge on any atom is -0.396 e. The van der Waals surface area contributed by atoms with Crippen LogP contribution in [0.5, 0.6) is 0 Å². The first-order valence-corrected chi connectivity index (χ1v) is 7.13. The van der Waals surface area contributed by atoms with Crippen molar-refractivity contribution in [2.75, 3.05) is 13.2 Å². The Kier molecular flexibility index (Phi) is 4.57. The summed E-state index contributed by atoms with van der Waals surface area (Å²) >= 11 is 1.65. The van der Waals surface area contributed by atoms with Gasteiger partial charge >= 0.3 is 0 Å². The highest BCUT2D eigenvalue weighted by Crippen LogP contribution is 2.30. The van der Waals surface area contributed by atoms with E-state index in [4.69, 9.17) is 5.11 Å². The Morgan fingerprint density at radius 3 is 3.00 bits per heavy atom. The molecule has 1 aromatic rings. The first-order chi connectivity index (χ1) is 8.31. The van der Waals surface area contributed by atoms with Gasteiger partial charge < -0.3 is 10.4 Å². The smallest absolute Gasteiger partial charge is 0.261 e. The number of aliphatic hydroxyl groups excluding tert-OH is 1. The normalized spacial score (nSPS) is 13.7. The second kappa shape index (κ2) is 6.17. The van der Waals surface area contributed by atoms with Crippen LogP contribution in [0.1, 0.15) is 45.8 Å². The molecule has 0 fully saturated rings. The summed E-state index contributed by atoms with van der Waals surface area (Å²) in [5, 5.41) is 11.6. The van der Waals surface area contributed by atoms with Crippen molar-refractivity contribution < 1.29 is 9.90 Å². The molecule has 2 N–H and O–H groups in total. The van der Waals surface area contributed by atoms with Crippen LogP contribution < -0.4 is 5.32 Å². The van der Waals surface area contributed by atoms with Gasteiger partial charge in [0, 0.05) is 18.0 Å². The van der Waals surface area contributed by atoms with Crippen molar-refractivity contribution in [1.82, 2.24) is 5.32 Å². The van der Waals surface area contributed by atoms with Gasteiger partial charge in [0.25, 0.3) is 5.91 Å². The number of hydrogen-bond donors (Lipinski definition) is 2. The van der Waals surface area contributed by atoms with Gasteiger partial charge in [-0.25, -0.2) is 0 Å². The molecule has 17 heavy (non-hydrogen) atoms. The van der Waals surface area contributed by atoms with Crippen LogP contribution in [0.2, 0.25) is 0 Å². The Labute approximate surface area is 106 Å². The lowest BCUT2D eigenvalue weighted by Gasteiger charge is -2.02. The monoisotopic (exact) mass is 253 g/mol. The number of carbonyl (C=O) groups excluding carboxylic acids is 1. The molecule has 0 atom stereocenters. The third kappa shape index (κ3) is 3.30. The van der Waals surface area contributed by atoms with E-state index < -0.39 is 0 Å². The summed E-state index contributed by atoms with van der Waals surface area (Å²) in [6.07, 6.45) is 6.25. The standard InChI is InChI=1S/C13H19NO2S/c15-8-3-1-2-7-14-13(16)12-9-10-5-4-6-11(10)17-12/h9,15H,1-8H2,(H,14,16). The van der Waals surface area contributed by atoms with Gasteiger partial charge in [-0.1, -0.05) is 0 Å². The van der Waals surface area contributed by atoms with Gasteiger partial charge in [-0.05, 0) is 50.2 Å². The summed E-state index contributed by atoms with van der Waals surface area (Å²) in [4.78, 5) is 14.1. The predicted octanol–water partition coefficient (Wildman–Crippen LogP) is 2.13. The van der Waals surface area contributed by atoms with Crippen molar-refractivity contribution in [3.05, 3.63) is 21.4 Å². The molecular formula is C13H19NO2S. The summed E-state index contributed by atoms with van der Waals surface area (Å²) < 4.78 is 0. The quantitative estimate of drug-likeness (QED) is 0.763. The van der Waals surface area contributed by atoms with Gasteiger partial charge in [0.05, 0.1) is 4.88 Å². The maximum absolute atomic E-state index is 11.8. The number of hydrogen-bond acceptors (Lipinski definition) is 3. The summed E-state index contributed by atoms with van der Waals surface area (Å²) in [5.74, 6) is 0.0633. The van der Waals surface area contributed by atoms with Gasteiger partial charge in [0.15, 0.2) is 0 Å². The summed E-state index contributed by atoms with van der Waals surface area (Å²) in [7, 11) is 0. The Morgan fingerprint density at radius 2 is 2.24 bits per heavy atom. The van der Waals surface area contributed by atoms with Crippen LogP contribution in [-0.2, 0) is 12.8 Å². The van der Waals surface area contributed by atoms with Crippen LogP contribution in [0.25, 0.3) is 0 Å². The zero-order valence-corrected chi connectivity index (χ0v) is 10.8. The average molecular weight is 253 g/mol. The van der Waals surface area contributed by atoms with E-state index >= 15 is 0 Å². The highest BCUT2D eigenvalue weighted by atomic mass is 32.1. The Morgan fingerprint density at radius 1 is 1.35 bits per heavy atom. The molecule has 94 valence electrons. The third-order valence-corrected chi connectivity index (χ3v) is 4.33. The number of thiophene rings is 1. The van der Waals surface area contributed by atoms with E-state index in [0.717, 1.165) is 37.0 Å². The third-order valence-electron chi connectivity index (χ3n) is 3.09. The zero-order valence-electron chi connectivity index (χ0n) is 10.00. The number of fused-ring (bicyclic) bond motifs is 1. The summed E-state index contributed by atoms with van der Waals surface area (Å²) in [5.41, 5.74) is 1.38. The van der Waals surface area contributed by atoms with Gasteiger partial charge in [-0.3, -0.25) is 4.79 Å². The van der Waals surface area contributed by atoms with E-state index in [9.17, 15) is 4.79 Å². The molecule has 0 bridgehead atoms. The molecular weight excluding hydrogens is 234 g/mol. The van der Waals surface area contributed by atoms with Crippen molar-refractivity contribution in [3.63, 3.8) is 0 Å². The van der Waals surface area contributed by atoms with Crippen molar-refractivity contribution >= 4 is 17.2 Å². The van der Waals surface area contributed by atoms with Crippen LogP contribution >= 0.6 is 11.3 Å². The van der Waals surface area contributed by atoms with E-state index in [1.165, 1.54) is 16.9 Å². The lowest BCUT2D eigenvalue weighted by atomic mass is 10.2. The molecule has 4 heteroatoms. The van der Waals surface area contributed by atoms with Crippen LogP contribution in [0.4, 0.5) is 0 Å². The molecule has 0 saturated heterocycles. The zero-order chi connectivity index (χ0) is 12.1. The van der Waals surface area contributed by atoms with Crippen molar-refractivity contribution in [2.45, 2.75) is 38.5 Å². The number of unbranched alkanes of at least 4 members (excludes halogenated alkanes) is 2. The molecule has 0 radical (unpaired) electrons. The number of rotatable bonds is 6. The summed E-state index contributed by atoms with van der Waals surface area (Å²) in [6.45, 7) is 0.951. The van der Waals surface area contributed by atoms with Crippen molar-refractivity contribution in [1.29, 1.82) is 0 Å². The van der Waals surface area contributed by atoms with Gasteiger partial charge in [0.1, 0.15) is 0 Å². The lowest BCUT2D eigenvalue weighted by molar-refractivity contribution is 0.0957. The highest BCUT2D eigenvalue weighted by molar-refractivity contribution is 7.14. The fraction of sp³-hybridized carbons (Fsp3) is 0.615. The maximum atomic E-state index is 11.8. The second-order valence-electron chi connectivity index (χ2n) is 4.45.